The van der Waals surface area contributed by atoms with Crippen LogP contribution in [-0.4, -0.2) is 0 Å². The summed E-state index contributed by atoms with van der Waals surface area (Å²) in [6.45, 7) is 6.76. The molecule has 0 saturated carbocycles. The molecule has 0 rings (SSSR count). The second-order valence-corrected chi connectivity index (χ2v) is 30.9. The predicted molar refractivity (Wildman–Crippen MR) is 41.5 cm³/mol. The summed E-state index contributed by atoms with van der Waals surface area (Å²) in [5.74, 6) is 0. The molecule has 0 aliphatic carbocycles. The first-order valence-electron chi connectivity index (χ1n) is 3.97. The molecule has 0 aliphatic rings. The second kappa shape index (κ2) is 2.83. The summed E-state index contributed by atoms with van der Waals surface area (Å²) in [5.41, 5.74) is 0. The van der Waals surface area contributed by atoms with Crippen LogP contribution in [0, 0.1) is 0 Å². The third-order valence-corrected chi connectivity index (χ3v) is 26.0. The number of hydrogen-bond donors (Lipinski definition) is 1. The van der Waals surface area contributed by atoms with Crippen molar-refractivity contribution < 1.29 is 18.8 Å². The van der Waals surface area contributed by atoms with Gasteiger partial charge in [0.15, 0.2) is 0 Å². The van der Waals surface area contributed by atoms with Gasteiger partial charge in [0.1, 0.15) is 0 Å². The van der Waals surface area contributed by atoms with E-state index in [2.05, 4.69) is 25.5 Å². The van der Waals surface area contributed by atoms with Crippen molar-refractivity contribution in [1.82, 2.24) is 0 Å². The van der Waals surface area contributed by atoms with Crippen LogP contribution in [0.15, 0.2) is 0 Å². The molecule has 0 spiro atoms. The van der Waals surface area contributed by atoms with Crippen LogP contribution < -0.4 is 3.72 Å². The van der Waals surface area contributed by atoms with Crippen molar-refractivity contribution >= 4 is 0 Å². The van der Waals surface area contributed by atoms with Gasteiger partial charge in [0.05, 0.1) is 0 Å². The molecular weight excluding hydrogens is 277 g/mol. The van der Waals surface area contributed by atoms with Gasteiger partial charge in [0.25, 0.3) is 0 Å². The average molecular weight is 297 g/mol. The van der Waals surface area contributed by atoms with E-state index in [0.717, 1.165) is 0 Å². The van der Waals surface area contributed by atoms with Crippen molar-refractivity contribution in [1.29, 1.82) is 0 Å². The fraction of sp³-hybridized carbons (Fsp3) is 1.00. The van der Waals surface area contributed by atoms with Gasteiger partial charge in [0.2, 0.25) is 0 Å². The van der Waals surface area contributed by atoms with Crippen LogP contribution >= 0.6 is 0 Å². The van der Waals surface area contributed by atoms with Gasteiger partial charge >= 0.3 is 60.5 Å². The van der Waals surface area contributed by atoms with Crippen LogP contribution in [0.1, 0.15) is 20.8 Å². The minimum atomic E-state index is -2.55. The van der Waals surface area contributed by atoms with Crippen LogP contribution in [0.5, 0.6) is 0 Å². The fourth-order valence-corrected chi connectivity index (χ4v) is 6.14. The Hall–Kier alpha value is 0.830. The van der Waals surface area contributed by atoms with Crippen molar-refractivity contribution in [3.05, 3.63) is 0 Å². The van der Waals surface area contributed by atoms with E-state index < -0.39 is 18.8 Å². The van der Waals surface area contributed by atoms with Gasteiger partial charge in [-0.1, -0.05) is 0 Å². The molecule has 0 atom stereocenters. The normalized spacial score (nSPS) is 16.8. The number of rotatable bonds is 3. The quantitative estimate of drug-likeness (QED) is 0.796. The molecule has 57 valence electrons. The molecule has 0 fully saturated rings. The summed E-state index contributed by atoms with van der Waals surface area (Å²) in [4.78, 5) is 0. The zero-order valence-corrected chi connectivity index (χ0v) is 10.8. The van der Waals surface area contributed by atoms with Crippen LogP contribution in [-0.2, 0) is 18.8 Å². The summed E-state index contributed by atoms with van der Waals surface area (Å²) in [6, 6.07) is 0. The van der Waals surface area contributed by atoms with Crippen molar-refractivity contribution in [3.8, 4) is 0 Å². The van der Waals surface area contributed by atoms with Gasteiger partial charge in [-0.2, -0.15) is 0 Å². The van der Waals surface area contributed by atoms with E-state index in [1.165, 1.54) is 12.5 Å². The molecule has 0 saturated heterocycles. The van der Waals surface area contributed by atoms with Crippen LogP contribution in [0.2, 0.25) is 17.2 Å². The van der Waals surface area contributed by atoms with E-state index >= 15 is 0 Å². The predicted octanol–water partition coefficient (Wildman–Crippen LogP) is 2.91. The zero-order valence-electron chi connectivity index (χ0n) is 7.20. The fourth-order valence-electron chi connectivity index (χ4n) is 0.750. The zero-order chi connectivity index (χ0) is 7.57. The minimum absolute atomic E-state index is 1.28. The summed E-state index contributed by atoms with van der Waals surface area (Å²) < 4.78 is 12.6. The van der Waals surface area contributed by atoms with Crippen LogP contribution in [0.25, 0.3) is 0 Å². The van der Waals surface area contributed by atoms with E-state index in [9.17, 15) is 0 Å². The third-order valence-electron chi connectivity index (χ3n) is 3.17. The molecule has 1 nitrogen and oxygen atoms in total. The molecule has 0 amide bonds. The standard InChI is InChI=1S/3C2H5.CH3.Hf.H2N/c3*1-2;;;/h3*1H2,2H3;1H3;;1H2/q;;;;+1;-1. The third kappa shape index (κ3) is 2.50. The van der Waals surface area contributed by atoms with Crippen molar-refractivity contribution in [2.75, 3.05) is 0 Å². The van der Waals surface area contributed by atoms with Gasteiger partial charge in [-0.05, 0) is 0 Å². The van der Waals surface area contributed by atoms with Gasteiger partial charge in [-0.25, -0.2) is 0 Å². The average Bonchev–Trinajstić information content (AvgIpc) is 1.90. The van der Waals surface area contributed by atoms with E-state index in [1.807, 2.05) is 0 Å². The molecule has 0 radical (unpaired) electrons. The summed E-state index contributed by atoms with van der Waals surface area (Å²) in [7, 11) is 0. The Morgan fingerprint density at radius 3 is 1.22 bits per heavy atom. The second-order valence-electron chi connectivity index (χ2n) is 3.77. The molecule has 0 aliphatic heterocycles. The topological polar surface area (TPSA) is 26.0 Å². The molecule has 2 N–H and O–H groups in total. The van der Waals surface area contributed by atoms with E-state index in [4.69, 9.17) is 3.72 Å². The Labute approximate surface area is 60.5 Å². The maximum atomic E-state index is 6.36. The Kier molecular flexibility index (Phi) is 3.09. The SMILES string of the molecule is C[CH2][Hf]([CH3])([NH2])([CH2]C)[CH2]C. The van der Waals surface area contributed by atoms with Crippen LogP contribution in [0.4, 0.5) is 0 Å². The molecule has 0 unspecified atom stereocenters. The van der Waals surface area contributed by atoms with E-state index in [1.54, 1.807) is 0 Å². The Bertz CT molecular complexity index is 80.1. The summed E-state index contributed by atoms with van der Waals surface area (Å²) in [6.07, 6.45) is 0. The Balaban J connectivity index is 4.20. The molecule has 0 heterocycles. The molecule has 0 aromatic rings. The monoisotopic (exact) mass is 298 g/mol. The molecular formula is C7H20HfN. The first kappa shape index (κ1) is 9.83. The van der Waals surface area contributed by atoms with Crippen molar-refractivity contribution in [3.63, 3.8) is 0 Å². The first-order valence-corrected chi connectivity index (χ1v) is 17.3. The molecule has 2 heteroatoms. The van der Waals surface area contributed by atoms with Gasteiger partial charge in [-0.3, -0.25) is 0 Å². The van der Waals surface area contributed by atoms with Gasteiger partial charge < -0.3 is 0 Å². The van der Waals surface area contributed by atoms with Gasteiger partial charge in [-0.15, -0.1) is 0 Å². The first-order chi connectivity index (χ1) is 3.96. The van der Waals surface area contributed by atoms with Crippen molar-refractivity contribution in [2.45, 2.75) is 38.0 Å². The van der Waals surface area contributed by atoms with Crippen LogP contribution in [0.3, 0.4) is 0 Å². The van der Waals surface area contributed by atoms with E-state index in [0.29, 0.717) is 0 Å². The Morgan fingerprint density at radius 2 is 1.22 bits per heavy atom. The maximum absolute atomic E-state index is 6.36. The molecule has 9 heavy (non-hydrogen) atoms. The summed E-state index contributed by atoms with van der Waals surface area (Å²) >= 11 is -2.55. The molecule has 0 aromatic heterocycles. The van der Waals surface area contributed by atoms with Gasteiger partial charge in [0, 0.05) is 0 Å². The molecule has 0 aromatic carbocycles. The molecule has 0 bridgehead atoms. The van der Waals surface area contributed by atoms with E-state index in [-0.39, 0.29) is 0 Å². The number of nitrogens with two attached hydrogens (primary N) is 1. The number of hydrogen-bond acceptors (Lipinski definition) is 1. The van der Waals surface area contributed by atoms with Crippen molar-refractivity contribution in [2.24, 2.45) is 3.72 Å². The Morgan fingerprint density at radius 1 is 1.00 bits per heavy atom. The summed E-state index contributed by atoms with van der Waals surface area (Å²) in [5, 5.41) is 0.